The zero-order valence-corrected chi connectivity index (χ0v) is 18.1. The largest absolute Gasteiger partial charge is 0.303 e. The first kappa shape index (κ1) is 19.1. The van der Waals surface area contributed by atoms with Gasteiger partial charge >= 0.3 is 0 Å². The van der Waals surface area contributed by atoms with Crippen molar-refractivity contribution in [1.82, 2.24) is 19.7 Å². The third-order valence-electron chi connectivity index (χ3n) is 4.74. The minimum absolute atomic E-state index is 0.0374. The van der Waals surface area contributed by atoms with E-state index in [9.17, 15) is 4.79 Å². The lowest BCUT2D eigenvalue weighted by Crippen LogP contribution is -2.23. The molecule has 6 nitrogen and oxygen atoms in total. The fourth-order valence-corrected chi connectivity index (χ4v) is 5.20. The number of aromatic nitrogens is 4. The summed E-state index contributed by atoms with van der Waals surface area (Å²) in [6.45, 7) is 7.66. The summed E-state index contributed by atoms with van der Waals surface area (Å²) >= 11 is 3.15. The SMILES string of the molecule is CC(=O)N(c1nc(CSc2nnc(C)n2C2CC2)cs1)c1ccc(C)cc1C. The van der Waals surface area contributed by atoms with Crippen LogP contribution in [-0.4, -0.2) is 25.7 Å². The van der Waals surface area contributed by atoms with E-state index in [0.717, 1.165) is 27.9 Å². The number of aryl methyl sites for hydroxylation is 3. The van der Waals surface area contributed by atoms with Gasteiger partial charge in [0.2, 0.25) is 5.91 Å². The minimum atomic E-state index is -0.0374. The Hall–Kier alpha value is -2.19. The van der Waals surface area contributed by atoms with E-state index in [0.29, 0.717) is 16.9 Å². The van der Waals surface area contributed by atoms with Crippen molar-refractivity contribution in [2.45, 2.75) is 57.5 Å². The molecule has 0 saturated heterocycles. The van der Waals surface area contributed by atoms with E-state index in [-0.39, 0.29) is 5.91 Å². The van der Waals surface area contributed by atoms with E-state index in [1.54, 1.807) is 23.6 Å². The lowest BCUT2D eigenvalue weighted by molar-refractivity contribution is -0.115. The quantitative estimate of drug-likeness (QED) is 0.534. The van der Waals surface area contributed by atoms with Crippen LogP contribution >= 0.6 is 23.1 Å². The van der Waals surface area contributed by atoms with Crippen LogP contribution in [0.2, 0.25) is 0 Å². The van der Waals surface area contributed by atoms with E-state index in [4.69, 9.17) is 4.98 Å². The lowest BCUT2D eigenvalue weighted by Gasteiger charge is -2.20. The first-order chi connectivity index (χ1) is 13.4. The minimum Gasteiger partial charge on any atom is -0.303 e. The van der Waals surface area contributed by atoms with Crippen LogP contribution in [0.25, 0.3) is 0 Å². The molecule has 1 aromatic carbocycles. The standard InChI is InChI=1S/C20H23N5OS2/c1-12-5-8-18(13(2)9-12)25(15(4)26)19-21-16(10-27-19)11-28-20-23-22-14(3)24(20)17-6-7-17/h5,8-10,17H,6-7,11H2,1-4H3. The molecule has 0 N–H and O–H groups in total. The van der Waals surface area contributed by atoms with Gasteiger partial charge in [-0.3, -0.25) is 9.69 Å². The molecule has 1 aliphatic carbocycles. The van der Waals surface area contributed by atoms with Gasteiger partial charge in [-0.25, -0.2) is 4.98 Å². The molecule has 146 valence electrons. The molecule has 0 bridgehead atoms. The van der Waals surface area contributed by atoms with Crippen molar-refractivity contribution in [3.63, 3.8) is 0 Å². The van der Waals surface area contributed by atoms with Crippen LogP contribution in [0.4, 0.5) is 10.8 Å². The van der Waals surface area contributed by atoms with E-state index in [1.165, 1.54) is 29.7 Å². The normalized spacial score (nSPS) is 13.7. The van der Waals surface area contributed by atoms with Gasteiger partial charge in [0.25, 0.3) is 0 Å². The highest BCUT2D eigenvalue weighted by atomic mass is 32.2. The smallest absolute Gasteiger partial charge is 0.230 e. The van der Waals surface area contributed by atoms with Gasteiger partial charge in [-0.2, -0.15) is 0 Å². The van der Waals surface area contributed by atoms with Crippen molar-refractivity contribution in [2.75, 3.05) is 4.90 Å². The Labute approximate surface area is 173 Å². The Bertz CT molecular complexity index is 1020. The van der Waals surface area contributed by atoms with Crippen LogP contribution < -0.4 is 4.90 Å². The van der Waals surface area contributed by atoms with Gasteiger partial charge in [-0.05, 0) is 45.2 Å². The maximum Gasteiger partial charge on any atom is 0.230 e. The van der Waals surface area contributed by atoms with Gasteiger partial charge in [0, 0.05) is 24.1 Å². The molecule has 0 radical (unpaired) electrons. The molecule has 1 amide bonds. The number of rotatable bonds is 6. The van der Waals surface area contributed by atoms with Gasteiger partial charge in [0.05, 0.1) is 11.4 Å². The molecule has 1 fully saturated rings. The molecule has 0 aliphatic heterocycles. The Kier molecular flexibility index (Phi) is 5.25. The molecular formula is C20H23N5OS2. The Morgan fingerprint density at radius 3 is 2.75 bits per heavy atom. The van der Waals surface area contributed by atoms with Gasteiger partial charge < -0.3 is 4.57 Å². The Morgan fingerprint density at radius 1 is 1.29 bits per heavy atom. The van der Waals surface area contributed by atoms with Gasteiger partial charge in [-0.1, -0.05) is 29.5 Å². The van der Waals surface area contributed by atoms with Crippen molar-refractivity contribution < 1.29 is 4.79 Å². The van der Waals surface area contributed by atoms with Gasteiger partial charge in [0.1, 0.15) is 5.82 Å². The topological polar surface area (TPSA) is 63.9 Å². The number of carbonyl (C=O) groups excluding carboxylic acids is 1. The fourth-order valence-electron chi connectivity index (χ4n) is 3.27. The molecule has 0 unspecified atom stereocenters. The monoisotopic (exact) mass is 413 g/mol. The Morgan fingerprint density at radius 2 is 2.07 bits per heavy atom. The van der Waals surface area contributed by atoms with Crippen LogP contribution in [0.1, 0.15) is 48.5 Å². The van der Waals surface area contributed by atoms with Crippen LogP contribution in [0, 0.1) is 20.8 Å². The van der Waals surface area contributed by atoms with Crippen LogP contribution in [0.5, 0.6) is 0 Å². The summed E-state index contributed by atoms with van der Waals surface area (Å²) in [5, 5.41) is 12.2. The third kappa shape index (κ3) is 3.84. The molecule has 1 saturated carbocycles. The Balaban J connectivity index is 1.53. The predicted octanol–water partition coefficient (Wildman–Crippen LogP) is 4.97. The number of anilines is 2. The van der Waals surface area contributed by atoms with Gasteiger partial charge in [0.15, 0.2) is 10.3 Å². The summed E-state index contributed by atoms with van der Waals surface area (Å²) in [6.07, 6.45) is 2.41. The summed E-state index contributed by atoms with van der Waals surface area (Å²) in [6, 6.07) is 6.66. The number of nitrogens with zero attached hydrogens (tertiary/aromatic N) is 5. The zero-order valence-electron chi connectivity index (χ0n) is 16.5. The number of thiazole rings is 1. The highest BCUT2D eigenvalue weighted by Crippen LogP contribution is 2.39. The zero-order chi connectivity index (χ0) is 19.8. The maximum atomic E-state index is 12.4. The third-order valence-corrected chi connectivity index (χ3v) is 6.59. The molecule has 3 aromatic rings. The van der Waals surface area contributed by atoms with Crippen molar-refractivity contribution in [3.05, 3.63) is 46.2 Å². The molecule has 2 aromatic heterocycles. The molecule has 0 atom stereocenters. The van der Waals surface area contributed by atoms with Crippen LogP contribution in [0.15, 0.2) is 28.7 Å². The summed E-state index contributed by atoms with van der Waals surface area (Å²) in [4.78, 5) is 18.8. The summed E-state index contributed by atoms with van der Waals surface area (Å²) in [5.41, 5.74) is 4.07. The van der Waals surface area contributed by atoms with Crippen LogP contribution in [-0.2, 0) is 10.5 Å². The molecule has 28 heavy (non-hydrogen) atoms. The van der Waals surface area contributed by atoms with E-state index < -0.39 is 0 Å². The number of hydrogen-bond acceptors (Lipinski definition) is 6. The summed E-state index contributed by atoms with van der Waals surface area (Å²) < 4.78 is 2.23. The van der Waals surface area contributed by atoms with E-state index in [2.05, 4.69) is 27.8 Å². The molecule has 0 spiro atoms. The fraction of sp³-hybridized carbons (Fsp3) is 0.400. The first-order valence-electron chi connectivity index (χ1n) is 9.30. The number of amides is 1. The molecular weight excluding hydrogens is 390 g/mol. The van der Waals surface area contributed by atoms with E-state index in [1.807, 2.05) is 31.4 Å². The molecule has 4 rings (SSSR count). The molecule has 1 aliphatic rings. The maximum absolute atomic E-state index is 12.4. The molecule has 2 heterocycles. The second-order valence-corrected chi connectivity index (χ2v) is 8.96. The number of hydrogen-bond donors (Lipinski definition) is 0. The van der Waals surface area contributed by atoms with Crippen molar-refractivity contribution in [3.8, 4) is 0 Å². The average molecular weight is 414 g/mol. The predicted molar refractivity (Wildman–Crippen MR) is 113 cm³/mol. The number of benzene rings is 1. The van der Waals surface area contributed by atoms with Crippen molar-refractivity contribution in [2.24, 2.45) is 0 Å². The second kappa shape index (κ2) is 7.67. The van der Waals surface area contributed by atoms with Crippen LogP contribution in [0.3, 0.4) is 0 Å². The average Bonchev–Trinajstić information content (AvgIpc) is 3.25. The number of thioether (sulfide) groups is 1. The van der Waals surface area contributed by atoms with Gasteiger partial charge in [-0.15, -0.1) is 21.5 Å². The summed E-state index contributed by atoms with van der Waals surface area (Å²) in [7, 11) is 0. The van der Waals surface area contributed by atoms with Crippen molar-refractivity contribution >= 4 is 39.8 Å². The summed E-state index contributed by atoms with van der Waals surface area (Å²) in [5.74, 6) is 1.64. The highest BCUT2D eigenvalue weighted by Gasteiger charge is 2.28. The molecule has 8 heteroatoms. The first-order valence-corrected chi connectivity index (χ1v) is 11.2. The highest BCUT2D eigenvalue weighted by molar-refractivity contribution is 7.98. The van der Waals surface area contributed by atoms with Crippen molar-refractivity contribution in [1.29, 1.82) is 0 Å². The van der Waals surface area contributed by atoms with E-state index >= 15 is 0 Å². The second-order valence-electron chi connectivity index (χ2n) is 7.19. The number of carbonyl (C=O) groups is 1. The lowest BCUT2D eigenvalue weighted by atomic mass is 10.1.